The fraction of sp³-hybridized carbons (Fsp3) is 0.200. The number of amides is 3. The molecule has 6 heteroatoms. The van der Waals surface area contributed by atoms with Crippen molar-refractivity contribution in [1.29, 1.82) is 0 Å². The van der Waals surface area contributed by atoms with Crippen LogP contribution in [0.5, 0.6) is 11.5 Å². The number of para-hydroxylation sites is 2. The number of imide groups is 1. The molecule has 1 aliphatic heterocycles. The first-order chi connectivity index (χ1) is 7.66. The Balaban J connectivity index is 2.08. The minimum Gasteiger partial charge on any atom is -0.485 e. The van der Waals surface area contributed by atoms with Gasteiger partial charge in [-0.2, -0.15) is 0 Å². The fourth-order valence-corrected chi connectivity index (χ4v) is 1.35. The van der Waals surface area contributed by atoms with Crippen LogP contribution >= 0.6 is 0 Å². The van der Waals surface area contributed by atoms with Crippen LogP contribution in [0.2, 0.25) is 0 Å². The van der Waals surface area contributed by atoms with Crippen molar-refractivity contribution in [2.75, 3.05) is 6.61 Å². The summed E-state index contributed by atoms with van der Waals surface area (Å²) in [6.07, 6.45) is -0.859. The molecule has 16 heavy (non-hydrogen) atoms. The Hall–Kier alpha value is -2.24. The number of fused-ring (bicyclic) bond motifs is 1. The molecule has 0 aliphatic carbocycles. The number of nitrogens with two attached hydrogens (primary N) is 1. The lowest BCUT2D eigenvalue weighted by molar-refractivity contribution is -0.129. The molecule has 0 saturated carbocycles. The van der Waals surface area contributed by atoms with Crippen molar-refractivity contribution in [3.63, 3.8) is 0 Å². The van der Waals surface area contributed by atoms with E-state index in [9.17, 15) is 9.59 Å². The van der Waals surface area contributed by atoms with Crippen molar-refractivity contribution < 1.29 is 19.1 Å². The predicted octanol–water partition coefficient (Wildman–Crippen LogP) is 0.0213. The van der Waals surface area contributed by atoms with Gasteiger partial charge in [0.15, 0.2) is 11.5 Å². The number of rotatable bonds is 1. The zero-order chi connectivity index (χ0) is 11.5. The molecule has 1 aromatic rings. The Morgan fingerprint density at radius 1 is 1.31 bits per heavy atom. The molecule has 1 atom stereocenters. The lowest BCUT2D eigenvalue weighted by Crippen LogP contribution is -2.47. The third-order valence-electron chi connectivity index (χ3n) is 2.05. The molecule has 1 heterocycles. The van der Waals surface area contributed by atoms with Gasteiger partial charge in [-0.05, 0) is 12.1 Å². The fourth-order valence-electron chi connectivity index (χ4n) is 1.35. The van der Waals surface area contributed by atoms with Crippen LogP contribution in [0.1, 0.15) is 0 Å². The highest BCUT2D eigenvalue weighted by Gasteiger charge is 2.27. The number of carbonyl (C=O) groups excluding carboxylic acids is 2. The van der Waals surface area contributed by atoms with Gasteiger partial charge >= 0.3 is 6.03 Å². The first-order valence-electron chi connectivity index (χ1n) is 4.65. The number of ether oxygens (including phenoxy) is 2. The molecular formula is C10H10N2O4. The third kappa shape index (κ3) is 2.05. The van der Waals surface area contributed by atoms with E-state index in [1.165, 1.54) is 0 Å². The Labute approximate surface area is 91.3 Å². The van der Waals surface area contributed by atoms with Crippen LogP contribution in [0.15, 0.2) is 24.3 Å². The second kappa shape index (κ2) is 4.09. The van der Waals surface area contributed by atoms with Gasteiger partial charge in [0.05, 0.1) is 0 Å². The molecule has 0 bridgehead atoms. The highest BCUT2D eigenvalue weighted by Crippen LogP contribution is 2.30. The van der Waals surface area contributed by atoms with E-state index in [-0.39, 0.29) is 6.61 Å². The number of primary amides is 1. The average molecular weight is 222 g/mol. The number of urea groups is 1. The first kappa shape index (κ1) is 10.3. The smallest absolute Gasteiger partial charge is 0.318 e. The Bertz CT molecular complexity index is 433. The van der Waals surface area contributed by atoms with Crippen LogP contribution in [0.3, 0.4) is 0 Å². The summed E-state index contributed by atoms with van der Waals surface area (Å²) in [6, 6.07) is 6.06. The molecule has 0 saturated heterocycles. The Morgan fingerprint density at radius 2 is 2.00 bits per heavy atom. The van der Waals surface area contributed by atoms with E-state index in [0.29, 0.717) is 11.5 Å². The minimum atomic E-state index is -0.910. The quantitative estimate of drug-likeness (QED) is 0.700. The molecule has 3 amide bonds. The number of hydrogen-bond donors (Lipinski definition) is 2. The van der Waals surface area contributed by atoms with Gasteiger partial charge in [-0.15, -0.1) is 0 Å². The van der Waals surface area contributed by atoms with Crippen molar-refractivity contribution in [1.82, 2.24) is 5.32 Å². The summed E-state index contributed by atoms with van der Waals surface area (Å²) in [5.74, 6) is 0.436. The van der Waals surface area contributed by atoms with Gasteiger partial charge < -0.3 is 15.2 Å². The number of benzene rings is 1. The molecular weight excluding hydrogens is 212 g/mol. The maximum absolute atomic E-state index is 11.4. The topological polar surface area (TPSA) is 90.7 Å². The normalized spacial score (nSPS) is 17.6. The van der Waals surface area contributed by atoms with E-state index in [0.717, 1.165) is 0 Å². The summed E-state index contributed by atoms with van der Waals surface area (Å²) in [7, 11) is 0. The van der Waals surface area contributed by atoms with Gasteiger partial charge in [0.1, 0.15) is 6.61 Å². The largest absolute Gasteiger partial charge is 0.485 e. The maximum Gasteiger partial charge on any atom is 0.318 e. The van der Waals surface area contributed by atoms with Gasteiger partial charge in [-0.3, -0.25) is 10.1 Å². The maximum atomic E-state index is 11.4. The zero-order valence-electron chi connectivity index (χ0n) is 8.30. The van der Waals surface area contributed by atoms with Gasteiger partial charge in [0.25, 0.3) is 5.91 Å². The highest BCUT2D eigenvalue weighted by molar-refractivity contribution is 5.96. The van der Waals surface area contributed by atoms with Crippen molar-refractivity contribution in [3.8, 4) is 11.5 Å². The molecule has 1 aromatic carbocycles. The lowest BCUT2D eigenvalue weighted by Gasteiger charge is -2.24. The molecule has 0 unspecified atom stereocenters. The number of carbonyl (C=O) groups is 2. The molecule has 0 aromatic heterocycles. The Morgan fingerprint density at radius 3 is 2.69 bits per heavy atom. The standard InChI is InChI=1S/C10H10N2O4/c11-10(14)12-9(13)8-5-15-6-3-1-2-4-7(6)16-8/h1-4,8H,5H2,(H3,11,12,13,14)/t8-/m1/s1. The van der Waals surface area contributed by atoms with Crippen LogP contribution in [-0.2, 0) is 4.79 Å². The van der Waals surface area contributed by atoms with Crippen molar-refractivity contribution in [2.45, 2.75) is 6.10 Å². The molecule has 2 rings (SSSR count). The van der Waals surface area contributed by atoms with Crippen molar-refractivity contribution >= 4 is 11.9 Å². The van der Waals surface area contributed by atoms with Gasteiger partial charge in [-0.25, -0.2) is 4.79 Å². The van der Waals surface area contributed by atoms with Gasteiger partial charge in [0.2, 0.25) is 6.10 Å². The molecule has 0 radical (unpaired) electrons. The van der Waals surface area contributed by atoms with Crippen LogP contribution in [0.25, 0.3) is 0 Å². The molecule has 6 nitrogen and oxygen atoms in total. The lowest BCUT2D eigenvalue weighted by atomic mass is 10.2. The van der Waals surface area contributed by atoms with Crippen LogP contribution < -0.4 is 20.5 Å². The van der Waals surface area contributed by atoms with E-state index in [1.807, 2.05) is 5.32 Å². The van der Waals surface area contributed by atoms with E-state index in [1.54, 1.807) is 24.3 Å². The molecule has 0 fully saturated rings. The van der Waals surface area contributed by atoms with E-state index in [4.69, 9.17) is 15.2 Å². The van der Waals surface area contributed by atoms with Crippen LogP contribution in [-0.4, -0.2) is 24.6 Å². The SMILES string of the molecule is NC(=O)NC(=O)[C@H]1COc2ccccc2O1. The summed E-state index contributed by atoms with van der Waals surface area (Å²) >= 11 is 0. The zero-order valence-corrected chi connectivity index (χ0v) is 8.30. The average Bonchev–Trinajstić information content (AvgIpc) is 2.27. The van der Waals surface area contributed by atoms with Gasteiger partial charge in [-0.1, -0.05) is 12.1 Å². The van der Waals surface area contributed by atoms with Crippen LogP contribution in [0.4, 0.5) is 4.79 Å². The summed E-state index contributed by atoms with van der Waals surface area (Å²) in [6.45, 7) is 0.0517. The van der Waals surface area contributed by atoms with E-state index in [2.05, 4.69) is 0 Å². The molecule has 3 N–H and O–H groups in total. The summed E-state index contributed by atoms with van der Waals surface area (Å²) in [4.78, 5) is 21.9. The monoisotopic (exact) mass is 222 g/mol. The second-order valence-electron chi connectivity index (χ2n) is 3.22. The minimum absolute atomic E-state index is 0.0517. The van der Waals surface area contributed by atoms with E-state index < -0.39 is 18.0 Å². The summed E-state index contributed by atoms with van der Waals surface area (Å²) in [5.41, 5.74) is 4.83. The highest BCUT2D eigenvalue weighted by atomic mass is 16.6. The first-order valence-corrected chi connectivity index (χ1v) is 4.65. The molecule has 1 aliphatic rings. The third-order valence-corrected chi connectivity index (χ3v) is 2.05. The molecule has 0 spiro atoms. The van der Waals surface area contributed by atoms with Gasteiger partial charge in [0, 0.05) is 0 Å². The number of hydrogen-bond acceptors (Lipinski definition) is 4. The predicted molar refractivity (Wildman–Crippen MR) is 54.1 cm³/mol. The molecule has 84 valence electrons. The van der Waals surface area contributed by atoms with Crippen LogP contribution in [0, 0.1) is 0 Å². The van der Waals surface area contributed by atoms with Crippen molar-refractivity contribution in [3.05, 3.63) is 24.3 Å². The van der Waals surface area contributed by atoms with E-state index >= 15 is 0 Å². The summed E-state index contributed by atoms with van der Waals surface area (Å²) in [5, 5.41) is 1.94. The summed E-state index contributed by atoms with van der Waals surface area (Å²) < 4.78 is 10.7. The Kier molecular flexibility index (Phi) is 2.63. The van der Waals surface area contributed by atoms with Crippen molar-refractivity contribution in [2.24, 2.45) is 5.73 Å². The second-order valence-corrected chi connectivity index (χ2v) is 3.22. The number of nitrogens with one attached hydrogen (secondary N) is 1.